The Kier molecular flexibility index (Phi) is 4.91. The van der Waals surface area contributed by atoms with Crippen LogP contribution in [0.5, 0.6) is 0 Å². The molecule has 1 aromatic rings. The van der Waals surface area contributed by atoms with Crippen LogP contribution in [-0.4, -0.2) is 17.4 Å². The van der Waals surface area contributed by atoms with Crippen molar-refractivity contribution in [2.45, 2.75) is 32.7 Å². The summed E-state index contributed by atoms with van der Waals surface area (Å²) in [6, 6.07) is 4.87. The van der Waals surface area contributed by atoms with Gasteiger partial charge in [-0.25, -0.2) is 0 Å². The zero-order chi connectivity index (χ0) is 14.6. The van der Waals surface area contributed by atoms with Gasteiger partial charge in [-0.3, -0.25) is 9.59 Å². The lowest BCUT2D eigenvalue weighted by Crippen LogP contribution is -2.36. The molecule has 19 heavy (non-hydrogen) atoms. The monoisotopic (exact) mass is 283 g/mol. The number of amides is 2. The Bertz CT molecular complexity index is 495. The first kappa shape index (κ1) is 15.5. The average molecular weight is 284 g/mol. The summed E-state index contributed by atoms with van der Waals surface area (Å²) in [5.74, 6) is -0.389. The lowest BCUT2D eigenvalue weighted by Gasteiger charge is -2.17. The van der Waals surface area contributed by atoms with Gasteiger partial charge in [0.05, 0.1) is 10.7 Å². The van der Waals surface area contributed by atoms with Gasteiger partial charge in [-0.1, -0.05) is 11.6 Å². The van der Waals surface area contributed by atoms with E-state index < -0.39 is 5.54 Å². The Labute approximate surface area is 117 Å². The van der Waals surface area contributed by atoms with E-state index >= 15 is 0 Å². The lowest BCUT2D eigenvalue weighted by atomic mass is 10.0. The molecule has 5 nitrogen and oxygen atoms in total. The van der Waals surface area contributed by atoms with E-state index in [2.05, 4.69) is 10.6 Å². The molecule has 2 amide bonds. The Hall–Kier alpha value is -1.59. The van der Waals surface area contributed by atoms with Crippen molar-refractivity contribution < 1.29 is 9.59 Å². The molecule has 4 N–H and O–H groups in total. The van der Waals surface area contributed by atoms with Gasteiger partial charge in [0.1, 0.15) is 0 Å². The first-order chi connectivity index (χ1) is 8.67. The van der Waals surface area contributed by atoms with Crippen LogP contribution >= 0.6 is 11.6 Å². The van der Waals surface area contributed by atoms with Crippen molar-refractivity contribution in [2.75, 3.05) is 10.6 Å². The third-order valence-corrected chi connectivity index (χ3v) is 2.49. The summed E-state index contributed by atoms with van der Waals surface area (Å²) < 4.78 is 0. The van der Waals surface area contributed by atoms with Gasteiger partial charge in [0.2, 0.25) is 11.8 Å². The zero-order valence-electron chi connectivity index (χ0n) is 11.2. The molecular weight excluding hydrogens is 266 g/mol. The van der Waals surface area contributed by atoms with Crippen molar-refractivity contribution in [1.29, 1.82) is 0 Å². The standard InChI is InChI=1S/C13H18ClN3O2/c1-8(18)16-11-5-4-9(6-10(11)14)17-12(19)7-13(2,3)15/h4-6H,7,15H2,1-3H3,(H,16,18)(H,17,19). The van der Waals surface area contributed by atoms with Crippen molar-refractivity contribution in [3.63, 3.8) is 0 Å². The number of carbonyl (C=O) groups excluding carboxylic acids is 2. The highest BCUT2D eigenvalue weighted by molar-refractivity contribution is 6.34. The van der Waals surface area contributed by atoms with Gasteiger partial charge in [0.25, 0.3) is 0 Å². The number of benzene rings is 1. The molecule has 0 heterocycles. The zero-order valence-corrected chi connectivity index (χ0v) is 12.0. The minimum Gasteiger partial charge on any atom is -0.326 e. The molecule has 0 aliphatic rings. The van der Waals surface area contributed by atoms with Gasteiger partial charge in [0.15, 0.2) is 0 Å². The summed E-state index contributed by atoms with van der Waals surface area (Å²) in [5, 5.41) is 5.65. The highest BCUT2D eigenvalue weighted by Crippen LogP contribution is 2.25. The van der Waals surface area contributed by atoms with Crippen LogP contribution in [0.2, 0.25) is 5.02 Å². The second kappa shape index (κ2) is 6.04. The van der Waals surface area contributed by atoms with Crippen LogP contribution in [0.25, 0.3) is 0 Å². The molecule has 6 heteroatoms. The number of rotatable bonds is 4. The molecule has 104 valence electrons. The van der Waals surface area contributed by atoms with E-state index in [1.165, 1.54) is 6.92 Å². The quantitative estimate of drug-likeness (QED) is 0.793. The topological polar surface area (TPSA) is 84.2 Å². The molecule has 0 aliphatic heterocycles. The number of carbonyl (C=O) groups is 2. The summed E-state index contributed by atoms with van der Waals surface area (Å²) in [6.45, 7) is 4.95. The van der Waals surface area contributed by atoms with Crippen LogP contribution in [0, 0.1) is 0 Å². The van der Waals surface area contributed by atoms with Crippen LogP contribution in [0.1, 0.15) is 27.2 Å². The summed E-state index contributed by atoms with van der Waals surface area (Å²) in [4.78, 5) is 22.6. The molecule has 0 unspecified atom stereocenters. The second-order valence-electron chi connectivity index (χ2n) is 5.09. The van der Waals surface area contributed by atoms with Gasteiger partial charge >= 0.3 is 0 Å². The van der Waals surface area contributed by atoms with Crippen LogP contribution in [0.15, 0.2) is 18.2 Å². The number of anilines is 2. The van der Waals surface area contributed by atoms with Crippen LogP contribution < -0.4 is 16.4 Å². The highest BCUT2D eigenvalue weighted by Gasteiger charge is 2.16. The fourth-order valence-corrected chi connectivity index (χ4v) is 1.73. The first-order valence-electron chi connectivity index (χ1n) is 5.83. The molecule has 0 atom stereocenters. The molecule has 1 rings (SSSR count). The maximum Gasteiger partial charge on any atom is 0.226 e. The Balaban J connectivity index is 2.73. The third kappa shape index (κ3) is 5.72. The molecule has 0 fully saturated rings. The molecule has 0 bridgehead atoms. The van der Waals surface area contributed by atoms with E-state index in [1.54, 1.807) is 32.0 Å². The number of halogens is 1. The van der Waals surface area contributed by atoms with Gasteiger partial charge in [0, 0.05) is 24.6 Å². The number of hydrogen-bond donors (Lipinski definition) is 3. The van der Waals surface area contributed by atoms with E-state index in [0.29, 0.717) is 16.4 Å². The molecule has 0 spiro atoms. The maximum atomic E-state index is 11.7. The largest absolute Gasteiger partial charge is 0.326 e. The normalized spacial score (nSPS) is 11.0. The minimum absolute atomic E-state index is 0.184. The molecule has 0 saturated carbocycles. The number of hydrogen-bond acceptors (Lipinski definition) is 3. The summed E-state index contributed by atoms with van der Waals surface area (Å²) >= 11 is 6.00. The van der Waals surface area contributed by atoms with Gasteiger partial charge in [-0.2, -0.15) is 0 Å². The van der Waals surface area contributed by atoms with Crippen LogP contribution in [-0.2, 0) is 9.59 Å². The second-order valence-corrected chi connectivity index (χ2v) is 5.50. The highest BCUT2D eigenvalue weighted by atomic mass is 35.5. The molecular formula is C13H18ClN3O2. The fraction of sp³-hybridized carbons (Fsp3) is 0.385. The van der Waals surface area contributed by atoms with Crippen molar-refractivity contribution in [3.05, 3.63) is 23.2 Å². The van der Waals surface area contributed by atoms with E-state index in [9.17, 15) is 9.59 Å². The fourth-order valence-electron chi connectivity index (χ4n) is 1.50. The van der Waals surface area contributed by atoms with E-state index in [4.69, 9.17) is 17.3 Å². The van der Waals surface area contributed by atoms with Crippen molar-refractivity contribution in [1.82, 2.24) is 0 Å². The van der Waals surface area contributed by atoms with Crippen LogP contribution in [0.3, 0.4) is 0 Å². The smallest absolute Gasteiger partial charge is 0.226 e. The molecule has 0 aromatic heterocycles. The van der Waals surface area contributed by atoms with E-state index in [1.807, 2.05) is 0 Å². The molecule has 0 saturated heterocycles. The van der Waals surface area contributed by atoms with E-state index in [0.717, 1.165) is 0 Å². The lowest BCUT2D eigenvalue weighted by molar-refractivity contribution is -0.117. The van der Waals surface area contributed by atoms with Gasteiger partial charge in [-0.15, -0.1) is 0 Å². The number of nitrogens with two attached hydrogens (primary N) is 1. The Morgan fingerprint density at radius 2 is 1.95 bits per heavy atom. The summed E-state index contributed by atoms with van der Waals surface area (Å²) in [5.41, 5.74) is 6.27. The van der Waals surface area contributed by atoms with Crippen molar-refractivity contribution >= 4 is 34.8 Å². The predicted molar refractivity (Wildman–Crippen MR) is 77.3 cm³/mol. The average Bonchev–Trinajstić information content (AvgIpc) is 2.18. The maximum absolute atomic E-state index is 11.7. The summed E-state index contributed by atoms with van der Waals surface area (Å²) in [7, 11) is 0. The molecule has 0 aliphatic carbocycles. The third-order valence-electron chi connectivity index (χ3n) is 2.18. The van der Waals surface area contributed by atoms with Crippen LogP contribution in [0.4, 0.5) is 11.4 Å². The SMILES string of the molecule is CC(=O)Nc1ccc(NC(=O)CC(C)(C)N)cc1Cl. The van der Waals surface area contributed by atoms with Crippen molar-refractivity contribution in [3.8, 4) is 0 Å². The minimum atomic E-state index is -0.565. The number of nitrogens with one attached hydrogen (secondary N) is 2. The Morgan fingerprint density at radius 3 is 2.42 bits per heavy atom. The summed E-state index contributed by atoms with van der Waals surface area (Å²) in [6.07, 6.45) is 0.206. The van der Waals surface area contributed by atoms with E-state index in [-0.39, 0.29) is 18.2 Å². The Morgan fingerprint density at radius 1 is 1.32 bits per heavy atom. The van der Waals surface area contributed by atoms with Crippen molar-refractivity contribution in [2.24, 2.45) is 5.73 Å². The predicted octanol–water partition coefficient (Wildman–Crippen LogP) is 2.36. The molecule has 0 radical (unpaired) electrons. The molecule has 1 aromatic carbocycles. The van der Waals surface area contributed by atoms with Gasteiger partial charge in [-0.05, 0) is 32.0 Å². The first-order valence-corrected chi connectivity index (χ1v) is 6.21. The van der Waals surface area contributed by atoms with Gasteiger partial charge < -0.3 is 16.4 Å².